The van der Waals surface area contributed by atoms with Gasteiger partial charge >= 0.3 is 0 Å². The van der Waals surface area contributed by atoms with Crippen molar-refractivity contribution in [1.82, 2.24) is 4.90 Å². The van der Waals surface area contributed by atoms with Crippen LogP contribution < -0.4 is 5.73 Å². The van der Waals surface area contributed by atoms with E-state index in [1.54, 1.807) is 11.9 Å². The van der Waals surface area contributed by atoms with Crippen LogP contribution in [0.15, 0.2) is 47.4 Å². The van der Waals surface area contributed by atoms with Crippen LogP contribution >= 0.6 is 11.8 Å². The molecule has 1 unspecified atom stereocenters. The molecule has 0 saturated carbocycles. The highest BCUT2D eigenvalue weighted by Gasteiger charge is 2.27. The SMILES string of the molecule is CN(C(=O)CSc1ccc(C(N)=O)cc1[N+](=O)[O-])C1CCCc2ccccc21. The Morgan fingerprint density at radius 2 is 2.04 bits per heavy atom. The summed E-state index contributed by atoms with van der Waals surface area (Å²) >= 11 is 1.09. The first-order valence-corrected chi connectivity index (χ1v) is 9.91. The summed E-state index contributed by atoms with van der Waals surface area (Å²) in [6.07, 6.45) is 2.94. The molecule has 2 aromatic rings. The maximum Gasteiger partial charge on any atom is 0.283 e. The van der Waals surface area contributed by atoms with E-state index < -0.39 is 10.8 Å². The molecule has 7 nitrogen and oxygen atoms in total. The molecule has 0 bridgehead atoms. The summed E-state index contributed by atoms with van der Waals surface area (Å²) in [5.74, 6) is -0.752. The van der Waals surface area contributed by atoms with Gasteiger partial charge in [-0.25, -0.2) is 0 Å². The Balaban J connectivity index is 1.73. The van der Waals surface area contributed by atoms with Crippen LogP contribution in [0.2, 0.25) is 0 Å². The van der Waals surface area contributed by atoms with Gasteiger partial charge in [-0.1, -0.05) is 24.3 Å². The minimum absolute atomic E-state index is 0.0188. The van der Waals surface area contributed by atoms with Gasteiger partial charge in [0.05, 0.1) is 21.6 Å². The Hall–Kier alpha value is -2.87. The number of primary amides is 1. The molecular weight excluding hydrogens is 378 g/mol. The molecule has 2 aromatic carbocycles. The molecule has 146 valence electrons. The van der Waals surface area contributed by atoms with E-state index in [4.69, 9.17) is 5.73 Å². The third-order valence-electron chi connectivity index (χ3n) is 4.99. The molecule has 1 aliphatic carbocycles. The molecule has 0 aromatic heterocycles. The van der Waals surface area contributed by atoms with E-state index in [9.17, 15) is 19.7 Å². The molecule has 0 spiro atoms. The predicted octanol–water partition coefficient (Wildman–Crippen LogP) is 3.32. The van der Waals surface area contributed by atoms with Crippen LogP contribution in [0.3, 0.4) is 0 Å². The monoisotopic (exact) mass is 399 g/mol. The van der Waals surface area contributed by atoms with Crippen LogP contribution in [-0.4, -0.2) is 34.4 Å². The molecule has 1 aliphatic rings. The molecule has 2 amide bonds. The first-order chi connectivity index (χ1) is 13.4. The topological polar surface area (TPSA) is 107 Å². The molecular formula is C20H21N3O4S. The molecule has 0 aliphatic heterocycles. The second kappa shape index (κ2) is 8.43. The fraction of sp³-hybridized carbons (Fsp3) is 0.300. The maximum atomic E-state index is 12.7. The molecule has 0 heterocycles. The van der Waals surface area contributed by atoms with Crippen molar-refractivity contribution in [1.29, 1.82) is 0 Å². The Labute approximate surface area is 167 Å². The first kappa shape index (κ1) is 19.9. The van der Waals surface area contributed by atoms with Crippen molar-refractivity contribution in [2.45, 2.75) is 30.2 Å². The van der Waals surface area contributed by atoms with Gasteiger partial charge in [-0.15, -0.1) is 11.8 Å². The lowest BCUT2D eigenvalue weighted by Gasteiger charge is -2.33. The lowest BCUT2D eigenvalue weighted by Crippen LogP contribution is -2.34. The van der Waals surface area contributed by atoms with E-state index >= 15 is 0 Å². The normalized spacial score (nSPS) is 15.5. The van der Waals surface area contributed by atoms with E-state index in [-0.39, 0.29) is 29.0 Å². The van der Waals surface area contributed by atoms with Crippen LogP contribution in [0, 0.1) is 10.1 Å². The number of hydrogen-bond acceptors (Lipinski definition) is 5. The molecule has 0 fully saturated rings. The summed E-state index contributed by atoms with van der Waals surface area (Å²) in [5.41, 5.74) is 7.47. The molecule has 8 heteroatoms. The average molecular weight is 399 g/mol. The minimum atomic E-state index is -0.730. The highest BCUT2D eigenvalue weighted by molar-refractivity contribution is 8.00. The number of thioether (sulfide) groups is 1. The fourth-order valence-corrected chi connectivity index (χ4v) is 4.41. The Bertz CT molecular complexity index is 931. The molecule has 28 heavy (non-hydrogen) atoms. The zero-order chi connectivity index (χ0) is 20.3. The number of nitrogens with zero attached hydrogens (tertiary/aromatic N) is 2. The maximum absolute atomic E-state index is 12.7. The number of hydrogen-bond donors (Lipinski definition) is 1. The van der Waals surface area contributed by atoms with E-state index in [0.29, 0.717) is 4.90 Å². The van der Waals surface area contributed by atoms with Crippen LogP contribution in [-0.2, 0) is 11.2 Å². The number of benzene rings is 2. The number of fused-ring (bicyclic) bond motifs is 1. The van der Waals surface area contributed by atoms with E-state index in [0.717, 1.165) is 37.1 Å². The summed E-state index contributed by atoms with van der Waals surface area (Å²) in [4.78, 5) is 36.8. The summed E-state index contributed by atoms with van der Waals surface area (Å²) in [6, 6.07) is 12.2. The first-order valence-electron chi connectivity index (χ1n) is 8.93. The van der Waals surface area contributed by atoms with Gasteiger partial charge in [-0.05, 0) is 42.5 Å². The number of amides is 2. The quantitative estimate of drug-likeness (QED) is 0.455. The van der Waals surface area contributed by atoms with Crippen molar-refractivity contribution in [2.75, 3.05) is 12.8 Å². The van der Waals surface area contributed by atoms with E-state index in [1.165, 1.54) is 23.3 Å². The largest absolute Gasteiger partial charge is 0.366 e. The Morgan fingerprint density at radius 3 is 2.75 bits per heavy atom. The highest BCUT2D eigenvalue weighted by atomic mass is 32.2. The highest BCUT2D eigenvalue weighted by Crippen LogP contribution is 2.35. The average Bonchev–Trinajstić information content (AvgIpc) is 2.70. The van der Waals surface area contributed by atoms with Gasteiger partial charge in [0.2, 0.25) is 11.8 Å². The number of nitro benzene ring substituents is 1. The minimum Gasteiger partial charge on any atom is -0.366 e. The zero-order valence-corrected chi connectivity index (χ0v) is 16.3. The summed E-state index contributed by atoms with van der Waals surface area (Å²) in [6.45, 7) is 0. The number of carbonyl (C=O) groups is 2. The number of aryl methyl sites for hydroxylation is 1. The van der Waals surface area contributed by atoms with Gasteiger partial charge in [0, 0.05) is 18.7 Å². The van der Waals surface area contributed by atoms with Crippen LogP contribution in [0.25, 0.3) is 0 Å². The molecule has 2 N–H and O–H groups in total. The van der Waals surface area contributed by atoms with Crippen molar-refractivity contribution in [2.24, 2.45) is 5.73 Å². The number of nitrogens with two attached hydrogens (primary N) is 1. The van der Waals surface area contributed by atoms with Crippen molar-refractivity contribution in [3.8, 4) is 0 Å². The van der Waals surface area contributed by atoms with Gasteiger partial charge in [-0.2, -0.15) is 0 Å². The standard InChI is InChI=1S/C20H21N3O4S/c1-22(16-8-4-6-13-5-2-3-7-15(13)16)19(24)12-28-18-10-9-14(20(21)25)11-17(18)23(26)27/h2-3,5,7,9-11,16H,4,6,8,12H2,1H3,(H2,21,25). The Kier molecular flexibility index (Phi) is 5.99. The number of rotatable bonds is 6. The summed E-state index contributed by atoms with van der Waals surface area (Å²) < 4.78 is 0. The number of carbonyl (C=O) groups excluding carboxylic acids is 2. The van der Waals surface area contributed by atoms with Gasteiger partial charge < -0.3 is 10.6 Å². The van der Waals surface area contributed by atoms with Crippen LogP contribution in [0.1, 0.15) is 40.4 Å². The van der Waals surface area contributed by atoms with Crippen molar-refractivity contribution >= 4 is 29.3 Å². The van der Waals surface area contributed by atoms with Gasteiger partial charge in [0.25, 0.3) is 5.69 Å². The third kappa shape index (κ3) is 4.17. The smallest absolute Gasteiger partial charge is 0.283 e. The molecule has 1 atom stereocenters. The van der Waals surface area contributed by atoms with Crippen molar-refractivity contribution < 1.29 is 14.5 Å². The molecule has 0 saturated heterocycles. The lowest BCUT2D eigenvalue weighted by molar-refractivity contribution is -0.387. The Morgan fingerprint density at radius 1 is 1.29 bits per heavy atom. The second-order valence-corrected chi connectivity index (χ2v) is 7.72. The van der Waals surface area contributed by atoms with Crippen LogP contribution in [0.5, 0.6) is 0 Å². The third-order valence-corrected chi connectivity index (χ3v) is 6.04. The summed E-state index contributed by atoms with van der Waals surface area (Å²) in [7, 11) is 1.78. The second-order valence-electron chi connectivity index (χ2n) is 6.70. The van der Waals surface area contributed by atoms with E-state index in [2.05, 4.69) is 12.1 Å². The van der Waals surface area contributed by atoms with Gasteiger partial charge in [0.15, 0.2) is 0 Å². The van der Waals surface area contributed by atoms with Crippen LogP contribution in [0.4, 0.5) is 5.69 Å². The van der Waals surface area contributed by atoms with E-state index in [1.807, 2.05) is 12.1 Å². The number of nitro groups is 1. The van der Waals surface area contributed by atoms with Gasteiger partial charge in [0.1, 0.15) is 0 Å². The molecule has 3 rings (SSSR count). The zero-order valence-electron chi connectivity index (χ0n) is 15.5. The lowest BCUT2D eigenvalue weighted by atomic mass is 9.87. The summed E-state index contributed by atoms with van der Waals surface area (Å²) in [5, 5.41) is 11.3. The van der Waals surface area contributed by atoms with Crippen molar-refractivity contribution in [3.63, 3.8) is 0 Å². The molecule has 0 radical (unpaired) electrons. The fourth-order valence-electron chi connectivity index (χ4n) is 3.48. The predicted molar refractivity (Wildman–Crippen MR) is 107 cm³/mol. The van der Waals surface area contributed by atoms with Crippen molar-refractivity contribution in [3.05, 3.63) is 69.3 Å². The van der Waals surface area contributed by atoms with Gasteiger partial charge in [-0.3, -0.25) is 19.7 Å².